The molecule has 0 spiro atoms. The average molecular weight is 451 g/mol. The number of carboxylic acids is 2. The van der Waals surface area contributed by atoms with Crippen LogP contribution in [0.1, 0.15) is 29.6 Å². The number of halogens is 1. The van der Waals surface area contributed by atoms with Crippen LogP contribution in [0.2, 0.25) is 0 Å². The van der Waals surface area contributed by atoms with Crippen molar-refractivity contribution in [3.05, 3.63) is 29.8 Å². The van der Waals surface area contributed by atoms with Gasteiger partial charge in [-0.15, -0.1) is 11.6 Å². The summed E-state index contributed by atoms with van der Waals surface area (Å²) in [5, 5.41) is 23.1. The van der Waals surface area contributed by atoms with Crippen LogP contribution < -0.4 is 10.6 Å². The largest absolute Gasteiger partial charge is 0.481 e. The number of hydrogen-bond donors (Lipinski definition) is 4. The molecular weight excluding hydrogens is 428 g/mol. The van der Waals surface area contributed by atoms with Gasteiger partial charge in [-0.05, 0) is 37.1 Å². The van der Waals surface area contributed by atoms with Gasteiger partial charge in [0.25, 0.3) is 16.0 Å². The molecule has 0 heterocycles. The van der Waals surface area contributed by atoms with Crippen LogP contribution in [0, 0.1) is 0 Å². The highest BCUT2D eigenvalue weighted by Gasteiger charge is 2.21. The molecule has 4 N–H and O–H groups in total. The summed E-state index contributed by atoms with van der Waals surface area (Å²) in [5.74, 6) is -2.87. The Balaban J connectivity index is 2.73. The summed E-state index contributed by atoms with van der Waals surface area (Å²) in [7, 11) is -3.60. The quantitative estimate of drug-likeness (QED) is 0.255. The molecule has 0 bridgehead atoms. The van der Waals surface area contributed by atoms with E-state index in [1.165, 1.54) is 12.1 Å². The maximum atomic E-state index is 12.2. The number of hydrogen-bond acceptors (Lipinski definition) is 7. The van der Waals surface area contributed by atoms with E-state index < -0.39 is 40.4 Å². The molecule has 29 heavy (non-hydrogen) atoms. The molecule has 1 unspecified atom stereocenters. The SMILES string of the molecule is CS(=O)(=O)OCC(CCCl)Nc1ccc(C(=O)N[C@@H](CCC(=O)O)C(=O)O)cc1. The van der Waals surface area contributed by atoms with Crippen LogP contribution in [0.5, 0.6) is 0 Å². The van der Waals surface area contributed by atoms with E-state index in [9.17, 15) is 22.8 Å². The minimum Gasteiger partial charge on any atom is -0.481 e. The minimum absolute atomic E-state index is 0.113. The molecule has 0 aliphatic heterocycles. The zero-order valence-corrected chi connectivity index (χ0v) is 17.2. The third-order valence-corrected chi connectivity index (χ3v) is 4.49. The van der Waals surface area contributed by atoms with Crippen LogP contribution >= 0.6 is 11.6 Å². The third kappa shape index (κ3) is 10.1. The van der Waals surface area contributed by atoms with Gasteiger partial charge >= 0.3 is 11.9 Å². The Morgan fingerprint density at radius 3 is 2.24 bits per heavy atom. The van der Waals surface area contributed by atoms with E-state index in [2.05, 4.69) is 10.6 Å². The second-order valence-electron chi connectivity index (χ2n) is 6.18. The third-order valence-electron chi connectivity index (χ3n) is 3.71. The summed E-state index contributed by atoms with van der Waals surface area (Å²) in [6.07, 6.45) is 0.746. The van der Waals surface area contributed by atoms with E-state index in [1.807, 2.05) is 0 Å². The molecular formula is C17H23ClN2O8S. The van der Waals surface area contributed by atoms with Crippen molar-refractivity contribution in [1.82, 2.24) is 5.32 Å². The van der Waals surface area contributed by atoms with Gasteiger partial charge in [0.1, 0.15) is 6.04 Å². The lowest BCUT2D eigenvalue weighted by Crippen LogP contribution is -2.41. The highest BCUT2D eigenvalue weighted by Crippen LogP contribution is 2.14. The van der Waals surface area contributed by atoms with Crippen molar-refractivity contribution in [2.24, 2.45) is 0 Å². The van der Waals surface area contributed by atoms with Crippen LogP contribution in [0.3, 0.4) is 0 Å². The van der Waals surface area contributed by atoms with Crippen molar-refractivity contribution in [3.8, 4) is 0 Å². The number of benzene rings is 1. The normalized spacial score (nSPS) is 13.3. The summed E-state index contributed by atoms with van der Waals surface area (Å²) in [6.45, 7) is -0.113. The standard InChI is InChI=1S/C17H23ClN2O8S/c1-29(26,27)28-10-13(8-9-18)19-12-4-2-11(3-5-12)16(23)20-14(17(24)25)6-7-15(21)22/h2-5,13-14,19H,6-10H2,1H3,(H,20,23)(H,21,22)(H,24,25)/t13?,14-/m0/s1. The molecule has 2 atom stereocenters. The zero-order chi connectivity index (χ0) is 22.0. The van der Waals surface area contributed by atoms with Gasteiger partial charge in [0.05, 0.1) is 18.9 Å². The minimum atomic E-state index is -3.60. The van der Waals surface area contributed by atoms with Crippen molar-refractivity contribution in [3.63, 3.8) is 0 Å². The van der Waals surface area contributed by atoms with Crippen molar-refractivity contribution in [2.75, 3.05) is 24.1 Å². The molecule has 1 rings (SSSR count). The number of carboxylic acid groups (broad SMARTS) is 2. The fourth-order valence-corrected chi connectivity index (χ4v) is 2.93. The predicted molar refractivity (Wildman–Crippen MR) is 106 cm³/mol. The predicted octanol–water partition coefficient (Wildman–Crippen LogP) is 1.12. The van der Waals surface area contributed by atoms with E-state index in [1.54, 1.807) is 12.1 Å². The first-order valence-corrected chi connectivity index (χ1v) is 10.9. The van der Waals surface area contributed by atoms with Crippen LogP contribution in [-0.4, -0.2) is 67.3 Å². The van der Waals surface area contributed by atoms with Gasteiger partial charge in [-0.1, -0.05) is 0 Å². The van der Waals surface area contributed by atoms with Gasteiger partial charge in [-0.25, -0.2) is 4.79 Å². The van der Waals surface area contributed by atoms with Gasteiger partial charge in [-0.3, -0.25) is 13.8 Å². The Labute approximate surface area is 173 Å². The summed E-state index contributed by atoms with van der Waals surface area (Å²) >= 11 is 5.72. The molecule has 162 valence electrons. The molecule has 0 saturated heterocycles. The number of carbonyl (C=O) groups is 3. The summed E-state index contributed by atoms with van der Waals surface area (Å²) < 4.78 is 27.0. The fourth-order valence-electron chi connectivity index (χ4n) is 2.25. The molecule has 1 aromatic rings. The lowest BCUT2D eigenvalue weighted by Gasteiger charge is -2.19. The highest BCUT2D eigenvalue weighted by atomic mass is 35.5. The van der Waals surface area contributed by atoms with E-state index in [0.29, 0.717) is 12.1 Å². The Hall–Kier alpha value is -2.37. The van der Waals surface area contributed by atoms with Gasteiger partial charge in [0.2, 0.25) is 0 Å². The molecule has 0 fully saturated rings. The van der Waals surface area contributed by atoms with Gasteiger partial charge in [0, 0.05) is 23.6 Å². The van der Waals surface area contributed by atoms with Crippen LogP contribution in [-0.2, 0) is 23.9 Å². The molecule has 1 amide bonds. The number of anilines is 1. The highest BCUT2D eigenvalue weighted by molar-refractivity contribution is 7.85. The molecule has 0 aliphatic carbocycles. The fraction of sp³-hybridized carbons (Fsp3) is 0.471. The molecule has 1 aromatic carbocycles. The molecule has 0 saturated carbocycles. The molecule has 0 aromatic heterocycles. The Bertz CT molecular complexity index is 813. The van der Waals surface area contributed by atoms with Crippen LogP contribution in [0.25, 0.3) is 0 Å². The Morgan fingerprint density at radius 2 is 1.76 bits per heavy atom. The second kappa shape index (κ2) is 11.6. The Kier molecular flexibility index (Phi) is 9.86. The molecule has 10 nitrogen and oxygen atoms in total. The first-order valence-electron chi connectivity index (χ1n) is 8.54. The number of aliphatic carboxylic acids is 2. The maximum absolute atomic E-state index is 12.2. The van der Waals surface area contributed by atoms with Crippen molar-refractivity contribution < 1.29 is 37.2 Å². The second-order valence-corrected chi connectivity index (χ2v) is 8.20. The average Bonchev–Trinajstić information content (AvgIpc) is 2.62. The lowest BCUT2D eigenvalue weighted by atomic mass is 10.1. The topological polar surface area (TPSA) is 159 Å². The smallest absolute Gasteiger partial charge is 0.326 e. The number of nitrogens with one attached hydrogen (secondary N) is 2. The lowest BCUT2D eigenvalue weighted by molar-refractivity contribution is -0.140. The summed E-state index contributed by atoms with van der Waals surface area (Å²) in [5.41, 5.74) is 0.757. The van der Waals surface area contributed by atoms with Crippen LogP contribution in [0.15, 0.2) is 24.3 Å². The molecule has 0 aliphatic rings. The van der Waals surface area contributed by atoms with Crippen LogP contribution in [0.4, 0.5) is 5.69 Å². The number of carbonyl (C=O) groups excluding carboxylic acids is 1. The van der Waals surface area contributed by atoms with Crippen molar-refractivity contribution in [2.45, 2.75) is 31.3 Å². The maximum Gasteiger partial charge on any atom is 0.326 e. The molecule has 12 heteroatoms. The monoisotopic (exact) mass is 450 g/mol. The zero-order valence-electron chi connectivity index (χ0n) is 15.6. The summed E-state index contributed by atoms with van der Waals surface area (Å²) in [4.78, 5) is 34.0. The first kappa shape index (κ1) is 24.7. The summed E-state index contributed by atoms with van der Waals surface area (Å²) in [6, 6.07) is 4.31. The van der Waals surface area contributed by atoms with E-state index in [-0.39, 0.29) is 30.5 Å². The van der Waals surface area contributed by atoms with Gasteiger partial charge < -0.3 is 20.8 Å². The number of rotatable bonds is 13. The van der Waals surface area contributed by atoms with E-state index in [4.69, 9.17) is 26.0 Å². The first-order chi connectivity index (χ1) is 13.5. The van der Waals surface area contributed by atoms with Gasteiger partial charge in [0.15, 0.2) is 0 Å². The number of amides is 1. The van der Waals surface area contributed by atoms with E-state index >= 15 is 0 Å². The van der Waals surface area contributed by atoms with E-state index in [0.717, 1.165) is 6.26 Å². The Morgan fingerprint density at radius 1 is 1.14 bits per heavy atom. The molecule has 0 radical (unpaired) electrons. The van der Waals surface area contributed by atoms with Gasteiger partial charge in [-0.2, -0.15) is 8.42 Å². The number of alkyl halides is 1. The van der Waals surface area contributed by atoms with Crippen molar-refractivity contribution >= 4 is 45.3 Å². The van der Waals surface area contributed by atoms with Crippen molar-refractivity contribution in [1.29, 1.82) is 0 Å².